The highest BCUT2D eigenvalue weighted by atomic mass is 79.9. The van der Waals surface area contributed by atoms with Gasteiger partial charge in [-0.2, -0.15) is 0 Å². The Bertz CT molecular complexity index is 827. The van der Waals surface area contributed by atoms with E-state index in [1.54, 1.807) is 7.05 Å². The number of rotatable bonds is 1. The molecular formula is C15H14BrN3O3. The smallest absolute Gasteiger partial charge is 0.266 e. The third-order valence-corrected chi connectivity index (χ3v) is 3.53. The van der Waals surface area contributed by atoms with Crippen molar-refractivity contribution in [2.24, 2.45) is 12.0 Å². The molecule has 114 valence electrons. The van der Waals surface area contributed by atoms with Crippen molar-refractivity contribution in [1.29, 1.82) is 0 Å². The Hall–Kier alpha value is -2.15. The lowest BCUT2D eigenvalue weighted by Crippen LogP contribution is -2.34. The van der Waals surface area contributed by atoms with E-state index < -0.39 is 5.72 Å². The van der Waals surface area contributed by atoms with Gasteiger partial charge in [0.1, 0.15) is 5.75 Å². The minimum atomic E-state index is -0.739. The van der Waals surface area contributed by atoms with E-state index in [-0.39, 0.29) is 5.56 Å². The van der Waals surface area contributed by atoms with Crippen LogP contribution in [0.4, 0.5) is 0 Å². The molecule has 1 aliphatic heterocycles. The van der Waals surface area contributed by atoms with Crippen LogP contribution in [0.5, 0.6) is 11.6 Å². The molecule has 0 unspecified atom stereocenters. The van der Waals surface area contributed by atoms with Gasteiger partial charge in [-0.3, -0.25) is 4.79 Å². The minimum absolute atomic E-state index is 0.204. The summed E-state index contributed by atoms with van der Waals surface area (Å²) in [5.74, 6) is 1.38. The van der Waals surface area contributed by atoms with Gasteiger partial charge in [-0.15, -0.1) is 5.10 Å². The van der Waals surface area contributed by atoms with E-state index in [0.29, 0.717) is 17.5 Å². The molecule has 0 N–H and O–H groups in total. The van der Waals surface area contributed by atoms with Crippen LogP contribution >= 0.6 is 15.9 Å². The number of halogens is 1. The highest BCUT2D eigenvalue weighted by Crippen LogP contribution is 2.32. The SMILES string of the molecule is Cn1nc(OC2=NC(C)(C)Oc3ccc(Br)cc32)ccc1=O. The first kappa shape index (κ1) is 14.8. The van der Waals surface area contributed by atoms with E-state index >= 15 is 0 Å². The molecule has 6 nitrogen and oxygen atoms in total. The molecule has 1 aromatic heterocycles. The van der Waals surface area contributed by atoms with E-state index in [9.17, 15) is 4.79 Å². The third-order valence-electron chi connectivity index (χ3n) is 3.04. The molecule has 0 radical (unpaired) electrons. The molecule has 0 saturated carbocycles. The summed E-state index contributed by atoms with van der Waals surface area (Å²) >= 11 is 3.43. The normalized spacial score (nSPS) is 15.5. The van der Waals surface area contributed by atoms with Crippen molar-refractivity contribution in [3.05, 3.63) is 50.7 Å². The zero-order chi connectivity index (χ0) is 15.9. The molecule has 22 heavy (non-hydrogen) atoms. The van der Waals surface area contributed by atoms with Gasteiger partial charge in [0.25, 0.3) is 5.56 Å². The number of aryl methyl sites for hydroxylation is 1. The number of nitrogens with zero attached hydrogens (tertiary/aromatic N) is 3. The van der Waals surface area contributed by atoms with Crippen LogP contribution in [0.2, 0.25) is 0 Å². The van der Waals surface area contributed by atoms with Crippen molar-refractivity contribution in [3.8, 4) is 11.6 Å². The van der Waals surface area contributed by atoms with Crippen LogP contribution in [-0.4, -0.2) is 21.4 Å². The second kappa shape index (κ2) is 5.24. The van der Waals surface area contributed by atoms with Gasteiger partial charge in [-0.1, -0.05) is 15.9 Å². The summed E-state index contributed by atoms with van der Waals surface area (Å²) < 4.78 is 13.7. The van der Waals surface area contributed by atoms with Crippen molar-refractivity contribution in [3.63, 3.8) is 0 Å². The highest BCUT2D eigenvalue weighted by molar-refractivity contribution is 9.10. The monoisotopic (exact) mass is 363 g/mol. The number of hydrogen-bond acceptors (Lipinski definition) is 5. The van der Waals surface area contributed by atoms with Gasteiger partial charge in [0, 0.05) is 23.7 Å². The average molecular weight is 364 g/mol. The van der Waals surface area contributed by atoms with Gasteiger partial charge < -0.3 is 9.47 Å². The summed E-state index contributed by atoms with van der Waals surface area (Å²) in [6.07, 6.45) is 0. The van der Waals surface area contributed by atoms with E-state index in [1.807, 2.05) is 32.0 Å². The lowest BCUT2D eigenvalue weighted by molar-refractivity contribution is 0.111. The van der Waals surface area contributed by atoms with E-state index in [2.05, 4.69) is 26.0 Å². The van der Waals surface area contributed by atoms with Crippen molar-refractivity contribution in [2.75, 3.05) is 0 Å². The Balaban J connectivity index is 2.04. The second-order valence-corrected chi connectivity index (χ2v) is 6.26. The summed E-state index contributed by atoms with van der Waals surface area (Å²) in [5, 5.41) is 4.06. The molecule has 1 aliphatic rings. The summed E-state index contributed by atoms with van der Waals surface area (Å²) in [4.78, 5) is 15.9. The molecule has 0 aliphatic carbocycles. The Labute approximate surface area is 135 Å². The standard InChI is InChI=1S/C15H14BrN3O3/c1-15(2)17-14(10-8-9(16)4-5-11(10)22-15)21-12-6-7-13(20)19(3)18-12/h4-8H,1-3H3. The van der Waals surface area contributed by atoms with Crippen molar-refractivity contribution in [2.45, 2.75) is 19.6 Å². The summed E-state index contributed by atoms with van der Waals surface area (Å²) in [7, 11) is 1.56. The summed E-state index contributed by atoms with van der Waals surface area (Å²) in [6, 6.07) is 8.53. The van der Waals surface area contributed by atoms with Crippen LogP contribution in [0.25, 0.3) is 0 Å². The fourth-order valence-corrected chi connectivity index (χ4v) is 2.43. The summed E-state index contributed by atoms with van der Waals surface area (Å²) in [5.41, 5.74) is -0.217. The van der Waals surface area contributed by atoms with Crippen LogP contribution in [-0.2, 0) is 7.05 Å². The Morgan fingerprint density at radius 1 is 1.27 bits per heavy atom. The second-order valence-electron chi connectivity index (χ2n) is 5.34. The van der Waals surface area contributed by atoms with Crippen molar-refractivity contribution in [1.82, 2.24) is 9.78 Å². The zero-order valence-corrected chi connectivity index (χ0v) is 13.9. The highest BCUT2D eigenvalue weighted by Gasteiger charge is 2.29. The topological polar surface area (TPSA) is 65.7 Å². The van der Waals surface area contributed by atoms with Gasteiger partial charge in [-0.05, 0) is 32.0 Å². The first-order valence-electron chi connectivity index (χ1n) is 6.65. The fraction of sp³-hybridized carbons (Fsp3) is 0.267. The number of aliphatic imine (C=N–C) groups is 1. The molecule has 0 saturated heterocycles. The number of hydrogen-bond donors (Lipinski definition) is 0. The molecule has 3 rings (SSSR count). The molecule has 0 fully saturated rings. The first-order chi connectivity index (χ1) is 10.3. The van der Waals surface area contributed by atoms with Gasteiger partial charge in [0.15, 0.2) is 5.72 Å². The maximum absolute atomic E-state index is 11.4. The maximum Gasteiger partial charge on any atom is 0.266 e. The Morgan fingerprint density at radius 3 is 2.77 bits per heavy atom. The Morgan fingerprint density at radius 2 is 2.05 bits per heavy atom. The first-order valence-corrected chi connectivity index (χ1v) is 7.44. The molecule has 2 heterocycles. The molecule has 2 aromatic rings. The molecule has 0 bridgehead atoms. The molecule has 0 atom stereocenters. The lowest BCUT2D eigenvalue weighted by atomic mass is 10.1. The number of aromatic nitrogens is 2. The van der Waals surface area contributed by atoms with E-state index in [1.165, 1.54) is 16.8 Å². The van der Waals surface area contributed by atoms with Gasteiger partial charge in [-0.25, -0.2) is 9.67 Å². The van der Waals surface area contributed by atoms with E-state index in [0.717, 1.165) is 10.0 Å². The maximum atomic E-state index is 11.4. The van der Waals surface area contributed by atoms with Crippen molar-refractivity contribution >= 4 is 21.8 Å². The van der Waals surface area contributed by atoms with Crippen LogP contribution < -0.4 is 15.0 Å². The van der Waals surface area contributed by atoms with Crippen LogP contribution in [0.3, 0.4) is 0 Å². The third kappa shape index (κ3) is 2.89. The predicted molar refractivity (Wildman–Crippen MR) is 85.5 cm³/mol. The number of ether oxygens (including phenoxy) is 2. The quantitative estimate of drug-likeness (QED) is 0.780. The van der Waals surface area contributed by atoms with Crippen molar-refractivity contribution < 1.29 is 9.47 Å². The predicted octanol–water partition coefficient (Wildman–Crippen LogP) is 2.50. The fourth-order valence-electron chi connectivity index (χ4n) is 2.07. The molecule has 7 heteroatoms. The van der Waals surface area contributed by atoms with E-state index in [4.69, 9.17) is 9.47 Å². The molecule has 1 aromatic carbocycles. The minimum Gasteiger partial charge on any atom is -0.466 e. The Kier molecular flexibility index (Phi) is 3.52. The lowest BCUT2D eigenvalue weighted by Gasteiger charge is -2.29. The molecule has 0 amide bonds. The summed E-state index contributed by atoms with van der Waals surface area (Å²) in [6.45, 7) is 3.69. The van der Waals surface area contributed by atoms with Gasteiger partial charge in [0.2, 0.25) is 11.8 Å². The van der Waals surface area contributed by atoms with Gasteiger partial charge in [0.05, 0.1) is 5.56 Å². The number of benzene rings is 1. The van der Waals surface area contributed by atoms with Crippen LogP contribution in [0.1, 0.15) is 19.4 Å². The number of fused-ring (bicyclic) bond motifs is 1. The average Bonchev–Trinajstić information content (AvgIpc) is 2.43. The largest absolute Gasteiger partial charge is 0.466 e. The van der Waals surface area contributed by atoms with Crippen LogP contribution in [0, 0.1) is 0 Å². The zero-order valence-electron chi connectivity index (χ0n) is 12.3. The molecule has 0 spiro atoms. The molecular weight excluding hydrogens is 350 g/mol. The van der Waals surface area contributed by atoms with Crippen LogP contribution in [0.15, 0.2) is 44.6 Å². The van der Waals surface area contributed by atoms with Gasteiger partial charge >= 0.3 is 0 Å².